The fraction of sp³-hybridized carbons (Fsp3) is 0.684. The van der Waals surface area contributed by atoms with Crippen molar-refractivity contribution in [3.63, 3.8) is 0 Å². The van der Waals surface area contributed by atoms with E-state index >= 15 is 0 Å². The fourth-order valence-corrected chi connectivity index (χ4v) is 3.54. The zero-order valence-corrected chi connectivity index (χ0v) is 14.8. The molecule has 0 aliphatic carbocycles. The van der Waals surface area contributed by atoms with Crippen LogP contribution in [0.2, 0.25) is 0 Å². The van der Waals surface area contributed by atoms with Gasteiger partial charge in [0, 0.05) is 26.6 Å². The Kier molecular flexibility index (Phi) is 7.65. The van der Waals surface area contributed by atoms with E-state index in [0.29, 0.717) is 6.42 Å². The second-order valence-corrected chi connectivity index (χ2v) is 6.62. The molecule has 5 nitrogen and oxygen atoms in total. The van der Waals surface area contributed by atoms with Crippen molar-refractivity contribution in [1.82, 2.24) is 0 Å². The second kappa shape index (κ2) is 9.49. The summed E-state index contributed by atoms with van der Waals surface area (Å²) in [6.45, 7) is 1.76. The van der Waals surface area contributed by atoms with Crippen molar-refractivity contribution in [1.29, 1.82) is 0 Å². The summed E-state index contributed by atoms with van der Waals surface area (Å²) in [6.07, 6.45) is 0.974. The van der Waals surface area contributed by atoms with Crippen molar-refractivity contribution in [2.75, 3.05) is 20.8 Å². The van der Waals surface area contributed by atoms with E-state index in [-0.39, 0.29) is 36.9 Å². The summed E-state index contributed by atoms with van der Waals surface area (Å²) < 4.78 is 17.4. The molecule has 0 bridgehead atoms. The first-order valence-corrected chi connectivity index (χ1v) is 8.62. The molecule has 136 valence electrons. The number of aliphatic hydroxyl groups excluding tert-OH is 2. The van der Waals surface area contributed by atoms with Gasteiger partial charge in [-0.2, -0.15) is 0 Å². The van der Waals surface area contributed by atoms with Gasteiger partial charge in [0.05, 0.1) is 37.1 Å². The van der Waals surface area contributed by atoms with Gasteiger partial charge in [-0.15, -0.1) is 0 Å². The molecule has 0 spiro atoms. The maximum Gasteiger partial charge on any atom is 0.0890 e. The van der Waals surface area contributed by atoms with Crippen LogP contribution >= 0.6 is 0 Å². The van der Waals surface area contributed by atoms with Crippen LogP contribution in [0.5, 0.6) is 0 Å². The highest BCUT2D eigenvalue weighted by atomic mass is 16.6. The summed E-state index contributed by atoms with van der Waals surface area (Å²) >= 11 is 0. The molecule has 0 aromatic heterocycles. The molecule has 1 aliphatic heterocycles. The van der Waals surface area contributed by atoms with Crippen LogP contribution in [0, 0.1) is 5.92 Å². The minimum atomic E-state index is -0.788. The summed E-state index contributed by atoms with van der Waals surface area (Å²) in [7, 11) is 3.39. The van der Waals surface area contributed by atoms with Crippen LogP contribution in [0.1, 0.15) is 25.3 Å². The van der Waals surface area contributed by atoms with Crippen LogP contribution < -0.4 is 0 Å². The molecule has 0 radical (unpaired) electrons. The Hall–Kier alpha value is -0.980. The van der Waals surface area contributed by atoms with Gasteiger partial charge < -0.3 is 24.4 Å². The van der Waals surface area contributed by atoms with E-state index in [4.69, 9.17) is 19.3 Å². The summed E-state index contributed by atoms with van der Waals surface area (Å²) in [6, 6.07) is 10.3. The van der Waals surface area contributed by atoms with Crippen LogP contribution in [-0.2, 0) is 20.6 Å². The van der Waals surface area contributed by atoms with E-state index in [2.05, 4.69) is 12.1 Å². The Labute approximate surface area is 144 Å². The topological polar surface area (TPSA) is 68.2 Å². The largest absolute Gasteiger partial charge is 0.394 e. The monoisotopic (exact) mass is 338 g/mol. The molecule has 1 aromatic rings. The molecule has 1 fully saturated rings. The lowest BCUT2D eigenvalue weighted by molar-refractivity contribution is -0.0490. The molecule has 24 heavy (non-hydrogen) atoms. The number of hydrogen-bond donors (Lipinski definition) is 2. The molecule has 2 N–H and O–H groups in total. The SMILES string of the molecule is COC(C)C[C@@H]1O[C@H](C[C@H](O)CO)[C@H](OC)[C@H]1Cc1ccccc1. The van der Waals surface area contributed by atoms with Gasteiger partial charge in [-0.1, -0.05) is 30.3 Å². The van der Waals surface area contributed by atoms with Gasteiger partial charge in [-0.05, 0) is 25.3 Å². The minimum absolute atomic E-state index is 0.000925. The van der Waals surface area contributed by atoms with Gasteiger partial charge in [0.15, 0.2) is 0 Å². The van der Waals surface area contributed by atoms with Crippen molar-refractivity contribution in [3.05, 3.63) is 35.9 Å². The fourth-order valence-electron chi connectivity index (χ4n) is 3.54. The first-order chi connectivity index (χ1) is 11.6. The number of rotatable bonds is 9. The second-order valence-electron chi connectivity index (χ2n) is 6.62. The predicted octanol–water partition coefficient (Wildman–Crippen LogP) is 1.80. The standard InChI is InChI=1S/C19H30O5/c1-13(22-2)9-17-16(10-14-7-5-4-6-8-14)19(23-3)18(24-17)11-15(21)12-20/h4-8,13,15-21H,9-12H2,1-3H3/t13?,15-,16-,17-,18+,19+/m0/s1. The quantitative estimate of drug-likeness (QED) is 0.719. The smallest absolute Gasteiger partial charge is 0.0890 e. The van der Waals surface area contributed by atoms with Crippen molar-refractivity contribution in [2.24, 2.45) is 5.92 Å². The maximum absolute atomic E-state index is 9.81. The van der Waals surface area contributed by atoms with Crippen LogP contribution in [0.4, 0.5) is 0 Å². The van der Waals surface area contributed by atoms with Crippen LogP contribution in [0.25, 0.3) is 0 Å². The van der Waals surface area contributed by atoms with Crippen molar-refractivity contribution >= 4 is 0 Å². The van der Waals surface area contributed by atoms with E-state index in [1.165, 1.54) is 5.56 Å². The third kappa shape index (κ3) is 5.01. The average Bonchev–Trinajstić information content (AvgIpc) is 2.91. The van der Waals surface area contributed by atoms with Gasteiger partial charge in [0.2, 0.25) is 0 Å². The first kappa shape index (κ1) is 19.3. The molecule has 0 amide bonds. The molecule has 0 saturated carbocycles. The Balaban J connectivity index is 2.15. The Morgan fingerprint density at radius 3 is 2.42 bits per heavy atom. The predicted molar refractivity (Wildman–Crippen MR) is 91.9 cm³/mol. The lowest BCUT2D eigenvalue weighted by Crippen LogP contribution is -2.34. The molecule has 1 aromatic carbocycles. The first-order valence-electron chi connectivity index (χ1n) is 8.62. The summed E-state index contributed by atoms with van der Waals surface area (Å²) in [4.78, 5) is 0. The van der Waals surface area contributed by atoms with E-state index < -0.39 is 6.10 Å². The van der Waals surface area contributed by atoms with Crippen molar-refractivity contribution in [2.45, 2.75) is 56.7 Å². The number of benzene rings is 1. The zero-order valence-electron chi connectivity index (χ0n) is 14.8. The van der Waals surface area contributed by atoms with E-state index in [1.807, 2.05) is 25.1 Å². The van der Waals surface area contributed by atoms with Crippen molar-refractivity contribution in [3.8, 4) is 0 Å². The van der Waals surface area contributed by atoms with Gasteiger partial charge in [-0.25, -0.2) is 0 Å². The van der Waals surface area contributed by atoms with Crippen LogP contribution in [0.15, 0.2) is 30.3 Å². The molecule has 5 heteroatoms. The Morgan fingerprint density at radius 1 is 1.12 bits per heavy atom. The zero-order chi connectivity index (χ0) is 17.5. The number of aliphatic hydroxyl groups is 2. The molecule has 1 heterocycles. The lowest BCUT2D eigenvalue weighted by Gasteiger charge is -2.24. The van der Waals surface area contributed by atoms with E-state index in [9.17, 15) is 5.11 Å². The van der Waals surface area contributed by atoms with Crippen LogP contribution in [0.3, 0.4) is 0 Å². The molecular formula is C19H30O5. The summed E-state index contributed by atoms with van der Waals surface area (Å²) in [5.74, 6) is 0.186. The number of hydrogen-bond acceptors (Lipinski definition) is 5. The van der Waals surface area contributed by atoms with Gasteiger partial charge >= 0.3 is 0 Å². The van der Waals surface area contributed by atoms with E-state index in [0.717, 1.165) is 12.8 Å². The lowest BCUT2D eigenvalue weighted by atomic mass is 9.86. The summed E-state index contributed by atoms with van der Waals surface area (Å²) in [5.41, 5.74) is 1.24. The van der Waals surface area contributed by atoms with Crippen molar-refractivity contribution < 1.29 is 24.4 Å². The summed E-state index contributed by atoms with van der Waals surface area (Å²) in [5, 5.41) is 18.9. The maximum atomic E-state index is 9.81. The molecular weight excluding hydrogens is 308 g/mol. The third-order valence-electron chi connectivity index (χ3n) is 4.88. The highest BCUT2D eigenvalue weighted by molar-refractivity contribution is 5.16. The highest BCUT2D eigenvalue weighted by Crippen LogP contribution is 2.36. The van der Waals surface area contributed by atoms with Gasteiger partial charge in [0.1, 0.15) is 0 Å². The average molecular weight is 338 g/mol. The van der Waals surface area contributed by atoms with Gasteiger partial charge in [-0.3, -0.25) is 0 Å². The molecule has 6 atom stereocenters. The molecule has 1 aliphatic rings. The molecule has 1 unspecified atom stereocenters. The normalized spacial score (nSPS) is 29.5. The molecule has 1 saturated heterocycles. The van der Waals surface area contributed by atoms with E-state index in [1.54, 1.807) is 14.2 Å². The number of methoxy groups -OCH3 is 2. The minimum Gasteiger partial charge on any atom is -0.394 e. The Bertz CT molecular complexity index is 466. The molecule has 2 rings (SSSR count). The van der Waals surface area contributed by atoms with Crippen LogP contribution in [-0.4, -0.2) is 61.6 Å². The highest BCUT2D eigenvalue weighted by Gasteiger charge is 2.45. The Morgan fingerprint density at radius 2 is 1.83 bits per heavy atom. The third-order valence-corrected chi connectivity index (χ3v) is 4.88. The number of ether oxygens (including phenoxy) is 3. The van der Waals surface area contributed by atoms with Gasteiger partial charge in [0.25, 0.3) is 0 Å².